The lowest BCUT2D eigenvalue weighted by atomic mass is 9.71. The maximum absolute atomic E-state index is 13.9. The van der Waals surface area contributed by atoms with E-state index in [-0.39, 0.29) is 137 Å². The number of benzene rings is 2. The molecule has 474 valence electrons. The lowest BCUT2D eigenvalue weighted by Crippen LogP contribution is -2.43. The van der Waals surface area contributed by atoms with Gasteiger partial charge >= 0.3 is 12.1 Å². The van der Waals surface area contributed by atoms with Gasteiger partial charge in [0.2, 0.25) is 33.7 Å². The Hall–Kier alpha value is -7.73. The van der Waals surface area contributed by atoms with Gasteiger partial charge in [-0.05, 0) is 63.1 Å². The highest BCUT2D eigenvalue weighted by Crippen LogP contribution is 2.40. The lowest BCUT2D eigenvalue weighted by Gasteiger charge is -2.33. The number of hydrogen-bond donors (Lipinski definition) is 5. The van der Waals surface area contributed by atoms with Crippen LogP contribution in [0, 0.1) is 11.2 Å². The van der Waals surface area contributed by atoms with Crippen molar-refractivity contribution in [1.82, 2.24) is 40.4 Å². The number of amides is 4. The smallest absolute Gasteiger partial charge is 0.415 e. The van der Waals surface area contributed by atoms with Crippen LogP contribution in [-0.2, 0) is 43.5 Å². The molecule has 0 spiro atoms. The van der Waals surface area contributed by atoms with E-state index < -0.39 is 51.4 Å². The number of sulfonamides is 1. The number of thiazole rings is 2. The van der Waals surface area contributed by atoms with Gasteiger partial charge in [-0.15, -0.1) is 22.7 Å². The fourth-order valence-corrected chi connectivity index (χ4v) is 11.3. The third-order valence-corrected chi connectivity index (χ3v) is 17.4. The number of ether oxygens (including phenoxy) is 3. The van der Waals surface area contributed by atoms with Crippen LogP contribution < -0.4 is 19.7 Å². The fourth-order valence-electron chi connectivity index (χ4n) is 9.18. The van der Waals surface area contributed by atoms with Crippen LogP contribution in [0.4, 0.5) is 15.1 Å². The van der Waals surface area contributed by atoms with Crippen molar-refractivity contribution in [2.45, 2.75) is 92.3 Å². The summed E-state index contributed by atoms with van der Waals surface area (Å²) in [5, 5.41) is 38.5. The van der Waals surface area contributed by atoms with E-state index in [0.717, 1.165) is 26.6 Å². The van der Waals surface area contributed by atoms with Crippen molar-refractivity contribution < 1.29 is 75.9 Å². The number of nitrogens with zero attached hydrogens (tertiary/aromatic N) is 7. The number of carboxylic acids is 1. The minimum Gasteiger partial charge on any atom is -0.476 e. The summed E-state index contributed by atoms with van der Waals surface area (Å²) in [5.41, 5.74) is 2.36. The minimum atomic E-state index is -3.74. The number of anilines is 1. The second-order valence-electron chi connectivity index (χ2n) is 21.9. The van der Waals surface area contributed by atoms with E-state index >= 15 is 0 Å². The molecule has 88 heavy (non-hydrogen) atoms. The normalized spacial score (nSPS) is 13.8. The van der Waals surface area contributed by atoms with Gasteiger partial charge in [-0.3, -0.25) is 24.0 Å². The van der Waals surface area contributed by atoms with Crippen molar-refractivity contribution in [3.8, 4) is 27.0 Å². The molecule has 0 aliphatic heterocycles. The Labute approximate surface area is 517 Å². The Balaban J connectivity index is 0.933. The summed E-state index contributed by atoms with van der Waals surface area (Å²) in [5.74, 6) is -3.54. The van der Waals surface area contributed by atoms with Gasteiger partial charge in [0.1, 0.15) is 11.6 Å². The molecule has 0 saturated carbocycles. The molecule has 28 heteroatoms. The minimum absolute atomic E-state index is 0.00823. The van der Waals surface area contributed by atoms with Gasteiger partial charge in [-0.2, -0.15) is 0 Å². The van der Waals surface area contributed by atoms with Gasteiger partial charge in [-0.25, -0.2) is 46.6 Å². The third kappa shape index (κ3) is 18.9. The number of carboxylic acid groups (broad SMARTS) is 1. The number of hydrogen-bond acceptors (Lipinski definition) is 20. The first kappa shape index (κ1) is 69.4. The highest BCUT2D eigenvalue weighted by atomic mass is 32.2. The van der Waals surface area contributed by atoms with Crippen molar-refractivity contribution >= 4 is 96.3 Å². The number of allylic oxidation sites excluding steroid dienone is 4. The fraction of sp³-hybridized carbons (Fsp3) is 0.450. The Morgan fingerprint density at radius 1 is 0.818 bits per heavy atom. The Morgan fingerprint density at radius 2 is 1.48 bits per heavy atom. The summed E-state index contributed by atoms with van der Waals surface area (Å²) < 4.78 is 57.5. The molecule has 0 saturated heterocycles. The number of likely N-dealkylation sites (N-methyl/N-ethyl adjacent to an activating group) is 1. The Morgan fingerprint density at radius 3 is 2.12 bits per heavy atom. The predicted molar refractivity (Wildman–Crippen MR) is 330 cm³/mol. The molecule has 0 bridgehead atoms. The first-order valence-electron chi connectivity index (χ1n) is 28.1. The van der Waals surface area contributed by atoms with Crippen molar-refractivity contribution in [2.75, 3.05) is 83.8 Å². The van der Waals surface area contributed by atoms with Gasteiger partial charge in [0.15, 0.2) is 27.3 Å². The number of aromatic nitrogens is 4. The second-order valence-corrected chi connectivity index (χ2v) is 25.8. The molecule has 2 aromatic carbocycles. The van der Waals surface area contributed by atoms with E-state index in [0.29, 0.717) is 54.6 Å². The van der Waals surface area contributed by atoms with Crippen LogP contribution in [0.5, 0.6) is 5.75 Å². The van der Waals surface area contributed by atoms with Crippen LogP contribution in [-0.4, -0.2) is 187 Å². The number of carbonyl (C=O) groups is 7. The standard InChI is InChI=1S/C60H74FN9O15S3/c1-34(2)51-43(52(38-11-13-39(61)14-12-38)67-58(66-51)69(9)88(10,81)82)17-15-40(71)29-41(72)30-48(74)63-21-20-62-47(73)19-25-83-27-28-84-26-24-70(23-22-68(8)49(75)32-60(6,7)50-37(5)53(76)35(3)36(4)54(50)77)59(80)85-42-16-18-46-44(31-42)64-56(87-46)55-65-45(33-86-55)57(78)79/h11-18,31,33-34,40-41,71-72H,19-30,32H2,1-10H3,(H,62,73)(H,63,74)(H,78,79)/b17-15+/t40-,41-/m1/s1. The number of aromatic carboxylic acids is 1. The van der Waals surface area contributed by atoms with Crippen LogP contribution in [0.25, 0.3) is 37.6 Å². The monoisotopic (exact) mass is 1280 g/mol. The van der Waals surface area contributed by atoms with Gasteiger partial charge in [0.05, 0.1) is 72.9 Å². The first-order chi connectivity index (χ1) is 41.4. The van der Waals surface area contributed by atoms with E-state index in [1.165, 1.54) is 63.9 Å². The molecule has 5 N–H and O–H groups in total. The predicted octanol–water partition coefficient (Wildman–Crippen LogP) is 6.58. The van der Waals surface area contributed by atoms with Crippen LogP contribution in [0.15, 0.2) is 76.2 Å². The number of ketones is 2. The molecule has 1 aliphatic carbocycles. The first-order valence-corrected chi connectivity index (χ1v) is 31.6. The highest BCUT2D eigenvalue weighted by molar-refractivity contribution is 7.92. The highest BCUT2D eigenvalue weighted by Gasteiger charge is 2.39. The molecule has 4 amide bonds. The molecule has 3 aromatic heterocycles. The van der Waals surface area contributed by atoms with Crippen LogP contribution in [0.3, 0.4) is 0 Å². The number of Topliss-reactive ketones (excluding diaryl/α,β-unsaturated/α-hetero) is 2. The van der Waals surface area contributed by atoms with Crippen molar-refractivity contribution in [2.24, 2.45) is 5.41 Å². The number of aliphatic hydroxyl groups is 2. The van der Waals surface area contributed by atoms with Crippen LogP contribution in [0.2, 0.25) is 0 Å². The Kier molecular flexibility index (Phi) is 24.4. The molecule has 1 aliphatic rings. The van der Waals surface area contributed by atoms with Crippen LogP contribution >= 0.6 is 22.7 Å². The number of fused-ring (bicyclic) bond motifs is 1. The zero-order chi connectivity index (χ0) is 64.8. The van der Waals surface area contributed by atoms with E-state index in [2.05, 4.69) is 30.6 Å². The number of carbonyl (C=O) groups excluding carboxylic acids is 6. The summed E-state index contributed by atoms with van der Waals surface area (Å²) in [6.07, 6.45) is 0.0283. The topological polar surface area (TPSA) is 327 Å². The average Bonchev–Trinajstić information content (AvgIpc) is 2.33. The summed E-state index contributed by atoms with van der Waals surface area (Å²) in [7, 11) is -0.858. The van der Waals surface area contributed by atoms with Crippen LogP contribution in [0.1, 0.15) is 102 Å². The molecular weight excluding hydrogens is 1200 g/mol. The number of rotatable bonds is 31. The zero-order valence-electron chi connectivity index (χ0n) is 50.7. The molecule has 0 radical (unpaired) electrons. The molecule has 0 unspecified atom stereocenters. The quantitative estimate of drug-likeness (QED) is 0.0231. The SMILES string of the molecule is CC1=C(C)C(=O)C(C(C)(C)CC(=O)N(C)CCN(CCOCCOCCC(=O)NCCNC(=O)C[C@H](O)C[C@H](O)/C=C/c2c(-c3ccc(F)cc3)nc(N(C)S(C)(=O)=O)nc2C(C)C)C(=O)Oc2ccc3sc(-c4nc(C(=O)O)cs4)nc3c2)=C(C)C1=O. The van der Waals surface area contributed by atoms with Gasteiger partial charge in [-0.1, -0.05) is 39.8 Å². The maximum Gasteiger partial charge on any atom is 0.415 e. The largest absolute Gasteiger partial charge is 0.476 e. The molecular formula is C60H74FN9O15S3. The van der Waals surface area contributed by atoms with Crippen molar-refractivity contribution in [3.63, 3.8) is 0 Å². The summed E-state index contributed by atoms with van der Waals surface area (Å²) >= 11 is 2.43. The summed E-state index contributed by atoms with van der Waals surface area (Å²) in [6.45, 7) is 12.5. The van der Waals surface area contributed by atoms with E-state index in [1.54, 1.807) is 65.9 Å². The number of aliphatic hydroxyl groups excluding tert-OH is 2. The summed E-state index contributed by atoms with van der Waals surface area (Å²) in [4.78, 5) is 111. The Bertz CT molecular complexity index is 3620. The molecule has 6 rings (SSSR count). The second kappa shape index (κ2) is 30.9. The van der Waals surface area contributed by atoms with E-state index in [4.69, 9.17) is 14.2 Å². The zero-order valence-corrected chi connectivity index (χ0v) is 53.1. The van der Waals surface area contributed by atoms with E-state index in [1.807, 2.05) is 13.8 Å². The van der Waals surface area contributed by atoms with Crippen molar-refractivity contribution in [1.29, 1.82) is 0 Å². The van der Waals surface area contributed by atoms with Crippen molar-refractivity contribution in [3.05, 3.63) is 99.0 Å². The van der Waals surface area contributed by atoms with E-state index in [9.17, 15) is 61.7 Å². The lowest BCUT2D eigenvalue weighted by molar-refractivity contribution is -0.132. The number of nitrogens with one attached hydrogen (secondary N) is 2. The molecule has 24 nitrogen and oxygen atoms in total. The molecule has 5 aromatic rings. The van der Waals surface area contributed by atoms with Gasteiger partial charge < -0.3 is 50.0 Å². The van der Waals surface area contributed by atoms with Gasteiger partial charge in [0.25, 0.3) is 0 Å². The molecule has 3 heterocycles. The summed E-state index contributed by atoms with van der Waals surface area (Å²) in [6, 6.07) is 10.3. The number of halogens is 1. The molecule has 2 atom stereocenters. The maximum atomic E-state index is 13.9. The molecule has 0 fully saturated rings. The average molecular weight is 1280 g/mol. The third-order valence-electron chi connectivity index (χ3n) is 14.3. The van der Waals surface area contributed by atoms with Gasteiger partial charge in [0, 0.05) is 116 Å².